The molecule has 1 saturated heterocycles. The molecule has 274 valence electrons. The van der Waals surface area contributed by atoms with Crippen LogP contribution in [0.3, 0.4) is 0 Å². The van der Waals surface area contributed by atoms with Gasteiger partial charge in [-0.15, -0.1) is 0 Å². The second-order valence-electron chi connectivity index (χ2n) is 15.2. The van der Waals surface area contributed by atoms with Gasteiger partial charge in [-0.05, 0) is 88.6 Å². The molecule has 0 radical (unpaired) electrons. The molecule has 4 N–H and O–H groups in total. The largest absolute Gasteiger partial charge is 0.444 e. The quantitative estimate of drug-likeness (QED) is 0.328. The number of carbonyl (C=O) groups is 5. The van der Waals surface area contributed by atoms with E-state index < -0.39 is 74.3 Å². The summed E-state index contributed by atoms with van der Waals surface area (Å²) >= 11 is 0. The molecule has 0 unspecified atom stereocenters. The van der Waals surface area contributed by atoms with E-state index in [0.29, 0.717) is 37.7 Å². The first-order chi connectivity index (χ1) is 24.1. The predicted molar refractivity (Wildman–Crippen MR) is 190 cm³/mol. The zero-order chi connectivity index (χ0) is 36.6. The lowest BCUT2D eigenvalue weighted by Gasteiger charge is -2.30. The number of benzene rings is 2. The molecule has 0 bridgehead atoms. The molecule has 2 aliphatic carbocycles. The minimum absolute atomic E-state index is 0.0265. The lowest BCUT2D eigenvalue weighted by atomic mass is 10.0. The monoisotopic (exact) mass is 721 g/mol. The topological polar surface area (TPSA) is 180 Å². The summed E-state index contributed by atoms with van der Waals surface area (Å²) in [6, 6.07) is 10.2. The lowest BCUT2D eigenvalue weighted by Crippen LogP contribution is -2.58. The van der Waals surface area contributed by atoms with Crippen molar-refractivity contribution >= 4 is 50.5 Å². The van der Waals surface area contributed by atoms with E-state index in [1.165, 1.54) is 4.90 Å². The smallest absolute Gasteiger partial charge is 0.408 e. The molecule has 2 aromatic carbocycles. The van der Waals surface area contributed by atoms with Gasteiger partial charge in [0, 0.05) is 24.1 Å². The average molecular weight is 722 g/mol. The number of hydrogen-bond acceptors (Lipinski definition) is 8. The van der Waals surface area contributed by atoms with E-state index in [0.717, 1.165) is 23.6 Å². The summed E-state index contributed by atoms with van der Waals surface area (Å²) in [5.41, 5.74) is -1.90. The maximum atomic E-state index is 14.3. The Bertz CT molecular complexity index is 1850. The number of allylic oxidation sites excluding steroid dienone is 1. The van der Waals surface area contributed by atoms with Gasteiger partial charge in [0.25, 0.3) is 11.8 Å². The van der Waals surface area contributed by atoms with Crippen LogP contribution < -0.4 is 20.7 Å². The van der Waals surface area contributed by atoms with Gasteiger partial charge in [0.15, 0.2) is 0 Å². The van der Waals surface area contributed by atoms with Gasteiger partial charge in [-0.3, -0.25) is 23.9 Å². The minimum atomic E-state index is -3.89. The van der Waals surface area contributed by atoms with Crippen molar-refractivity contribution in [3.8, 4) is 0 Å². The number of hydrogen-bond donors (Lipinski definition) is 4. The highest BCUT2D eigenvalue weighted by Crippen LogP contribution is 2.46. The number of rotatable bonds is 6. The first-order valence-electron chi connectivity index (χ1n) is 17.8. The summed E-state index contributed by atoms with van der Waals surface area (Å²) in [4.78, 5) is 69.9. The predicted octanol–water partition coefficient (Wildman–Crippen LogP) is 3.44. The fourth-order valence-corrected chi connectivity index (χ4v) is 8.32. The van der Waals surface area contributed by atoms with Crippen LogP contribution in [0.4, 0.5) is 4.79 Å². The number of amides is 5. The molecule has 2 heterocycles. The fraction of sp³-hybridized carbons (Fsp3) is 0.541. The highest BCUT2D eigenvalue weighted by Gasteiger charge is 2.62. The third-order valence-corrected chi connectivity index (χ3v) is 11.7. The number of nitrogens with zero attached hydrogens (tertiary/aromatic N) is 1. The Kier molecular flexibility index (Phi) is 10.2. The Morgan fingerprint density at radius 3 is 2.43 bits per heavy atom. The molecule has 51 heavy (non-hydrogen) atoms. The van der Waals surface area contributed by atoms with E-state index in [1.807, 2.05) is 42.5 Å². The number of ether oxygens (including phenoxy) is 1. The molecule has 2 saturated carbocycles. The SMILES string of the molecule is CC(C)(C)OC(=O)N[C@H]1CCCCC/C=C\[C@@H]2C[C@@]2(C(=O)NS(=O)(=O)C2CC2)NC(=O)[C@@H]2C[C@@H](NC(=O)c3ccc4ccccc4c3)CN2C1=O. The van der Waals surface area contributed by atoms with Gasteiger partial charge < -0.3 is 25.6 Å². The Labute approximate surface area is 298 Å². The van der Waals surface area contributed by atoms with E-state index in [4.69, 9.17) is 4.74 Å². The van der Waals surface area contributed by atoms with Crippen LogP contribution in [0.2, 0.25) is 0 Å². The van der Waals surface area contributed by atoms with Gasteiger partial charge in [-0.2, -0.15) is 0 Å². The van der Waals surface area contributed by atoms with Crippen molar-refractivity contribution in [3.63, 3.8) is 0 Å². The summed E-state index contributed by atoms with van der Waals surface area (Å²) in [6.45, 7) is 5.13. The van der Waals surface area contributed by atoms with Crippen LogP contribution in [0.1, 0.15) is 88.9 Å². The first kappa shape index (κ1) is 36.3. The van der Waals surface area contributed by atoms with Crippen LogP contribution in [0.25, 0.3) is 10.8 Å². The van der Waals surface area contributed by atoms with Crippen LogP contribution in [0, 0.1) is 5.92 Å². The van der Waals surface area contributed by atoms with E-state index in [9.17, 15) is 32.4 Å². The van der Waals surface area contributed by atoms with Crippen molar-refractivity contribution in [1.29, 1.82) is 0 Å². The molecule has 4 aliphatic rings. The first-order valence-corrected chi connectivity index (χ1v) is 19.3. The van der Waals surface area contributed by atoms with Crippen LogP contribution in [-0.2, 0) is 29.1 Å². The van der Waals surface area contributed by atoms with Gasteiger partial charge in [-0.1, -0.05) is 55.3 Å². The molecule has 2 aliphatic heterocycles. The molecule has 0 spiro atoms. The number of nitrogens with one attached hydrogen (secondary N) is 4. The normalized spacial score (nSPS) is 27.9. The van der Waals surface area contributed by atoms with Crippen molar-refractivity contribution in [2.75, 3.05) is 6.54 Å². The van der Waals surface area contributed by atoms with Gasteiger partial charge in [0.1, 0.15) is 23.2 Å². The maximum absolute atomic E-state index is 14.3. The van der Waals surface area contributed by atoms with Crippen molar-refractivity contribution in [1.82, 2.24) is 25.6 Å². The van der Waals surface area contributed by atoms with E-state index in [2.05, 4.69) is 20.7 Å². The zero-order valence-electron chi connectivity index (χ0n) is 29.3. The van der Waals surface area contributed by atoms with E-state index >= 15 is 0 Å². The highest BCUT2D eigenvalue weighted by atomic mass is 32.2. The molecule has 0 aromatic heterocycles. The second kappa shape index (κ2) is 14.3. The number of fused-ring (bicyclic) bond motifs is 3. The maximum Gasteiger partial charge on any atom is 0.408 e. The van der Waals surface area contributed by atoms with Crippen LogP contribution >= 0.6 is 0 Å². The van der Waals surface area contributed by atoms with Crippen molar-refractivity contribution in [3.05, 3.63) is 60.2 Å². The number of carbonyl (C=O) groups excluding carboxylic acids is 5. The standard InChI is InChI=1S/C37H47N5O8S/c1-36(2,3)50-35(47)39-29-14-8-6-4-5-7-13-26-21-37(26,34(46)41-51(48,49)28-17-18-28)40-32(44)30-20-27(22-42(30)33(29)45)38-31(43)25-16-15-23-11-9-10-12-24(23)19-25/h7,9-13,15-16,19,26-30H,4-6,8,14,17-18,20-22H2,1-3H3,(H,38,43)(H,39,47)(H,40,44)(H,41,46)/b13-7-/t26-,27-,29+,30+,37-/m1/s1. The van der Waals surface area contributed by atoms with Crippen LogP contribution in [0.5, 0.6) is 0 Å². The Morgan fingerprint density at radius 2 is 1.71 bits per heavy atom. The highest BCUT2D eigenvalue weighted by molar-refractivity contribution is 7.91. The molecule has 3 fully saturated rings. The number of sulfonamides is 1. The van der Waals surface area contributed by atoms with Crippen molar-refractivity contribution in [2.45, 2.75) is 113 Å². The van der Waals surface area contributed by atoms with Crippen LogP contribution in [-0.4, -0.2) is 84.1 Å². The zero-order valence-corrected chi connectivity index (χ0v) is 30.1. The fourth-order valence-electron chi connectivity index (χ4n) is 6.95. The van der Waals surface area contributed by atoms with Gasteiger partial charge in [0.2, 0.25) is 21.8 Å². The van der Waals surface area contributed by atoms with E-state index in [-0.39, 0.29) is 25.3 Å². The Hall–Kier alpha value is -4.46. The van der Waals surface area contributed by atoms with Gasteiger partial charge in [-0.25, -0.2) is 13.2 Å². The van der Waals surface area contributed by atoms with Crippen molar-refractivity contribution in [2.24, 2.45) is 5.92 Å². The third kappa shape index (κ3) is 8.54. The van der Waals surface area contributed by atoms with Gasteiger partial charge in [0.05, 0.1) is 5.25 Å². The number of alkyl carbamates (subject to hydrolysis) is 1. The molecular weight excluding hydrogens is 675 g/mol. The Morgan fingerprint density at radius 1 is 0.961 bits per heavy atom. The molecular formula is C37H47N5O8S. The summed E-state index contributed by atoms with van der Waals surface area (Å²) in [5, 5.41) is 9.76. The minimum Gasteiger partial charge on any atom is -0.444 e. The molecule has 5 amide bonds. The Balaban J connectivity index is 1.27. The van der Waals surface area contributed by atoms with Gasteiger partial charge >= 0.3 is 6.09 Å². The molecule has 6 rings (SSSR count). The lowest BCUT2D eigenvalue weighted by molar-refractivity contribution is -0.141. The second-order valence-corrected chi connectivity index (χ2v) is 17.1. The average Bonchev–Trinajstić information content (AvgIpc) is 3.99. The van der Waals surface area contributed by atoms with Crippen molar-refractivity contribution < 1.29 is 37.1 Å². The summed E-state index contributed by atoms with van der Waals surface area (Å²) in [5.74, 6) is -2.77. The molecule has 2 aromatic rings. The summed E-state index contributed by atoms with van der Waals surface area (Å²) in [7, 11) is -3.89. The summed E-state index contributed by atoms with van der Waals surface area (Å²) in [6.07, 6.45) is 7.33. The third-order valence-electron chi connectivity index (χ3n) is 9.92. The molecule has 5 atom stereocenters. The summed E-state index contributed by atoms with van der Waals surface area (Å²) < 4.78 is 33.2. The molecule has 14 heteroatoms. The van der Waals surface area contributed by atoms with Crippen LogP contribution in [0.15, 0.2) is 54.6 Å². The molecule has 13 nitrogen and oxygen atoms in total. The van der Waals surface area contributed by atoms with E-state index in [1.54, 1.807) is 32.9 Å².